The van der Waals surface area contributed by atoms with Crippen LogP contribution in [0.3, 0.4) is 0 Å². The Morgan fingerprint density at radius 3 is 2.15 bits per heavy atom. The molecule has 0 radical (unpaired) electrons. The monoisotopic (exact) mass is 275 g/mol. The van der Waals surface area contributed by atoms with Gasteiger partial charge in [-0.1, -0.05) is 38.1 Å². The lowest BCUT2D eigenvalue weighted by Crippen LogP contribution is -2.33. The van der Waals surface area contributed by atoms with Crippen molar-refractivity contribution in [3.8, 4) is 0 Å². The van der Waals surface area contributed by atoms with Gasteiger partial charge in [-0.2, -0.15) is 0 Å². The molecule has 0 bridgehead atoms. The van der Waals surface area contributed by atoms with E-state index >= 15 is 0 Å². The average molecular weight is 275 g/mol. The number of hydrogen-bond acceptors (Lipinski definition) is 3. The van der Waals surface area contributed by atoms with E-state index in [0.717, 1.165) is 16.9 Å². The van der Waals surface area contributed by atoms with Crippen LogP contribution in [0.5, 0.6) is 0 Å². The predicted molar refractivity (Wildman–Crippen MR) is 75.9 cm³/mol. The third-order valence-electron chi connectivity index (χ3n) is 3.52. The molecule has 108 valence electrons. The summed E-state index contributed by atoms with van der Waals surface area (Å²) in [6, 6.07) is 7.72. The van der Waals surface area contributed by atoms with Crippen molar-refractivity contribution in [3.63, 3.8) is 0 Å². The summed E-state index contributed by atoms with van der Waals surface area (Å²) in [5, 5.41) is 10.1. The molecule has 0 aromatic heterocycles. The van der Waals surface area contributed by atoms with Crippen molar-refractivity contribution in [2.24, 2.45) is 5.92 Å². The Morgan fingerprint density at radius 2 is 1.65 bits per heavy atom. The number of rotatable bonds is 5. The van der Waals surface area contributed by atoms with Crippen molar-refractivity contribution in [3.05, 3.63) is 35.4 Å². The van der Waals surface area contributed by atoms with E-state index in [1.807, 2.05) is 24.3 Å². The van der Waals surface area contributed by atoms with E-state index in [1.165, 1.54) is 5.56 Å². The van der Waals surface area contributed by atoms with Crippen LogP contribution in [0.4, 0.5) is 0 Å². The number of aliphatic hydroxyl groups is 1. The van der Waals surface area contributed by atoms with E-state index in [1.54, 1.807) is 0 Å². The highest BCUT2D eigenvalue weighted by Crippen LogP contribution is 2.20. The van der Waals surface area contributed by atoms with Crippen molar-refractivity contribution >= 4 is 11.8 Å². The van der Waals surface area contributed by atoms with Gasteiger partial charge in [-0.3, -0.25) is 14.5 Å². The van der Waals surface area contributed by atoms with Gasteiger partial charge in [0.15, 0.2) is 0 Å². The lowest BCUT2D eigenvalue weighted by Gasteiger charge is -2.19. The number of carbonyl (C=O) groups excluding carboxylic acids is 2. The van der Waals surface area contributed by atoms with Crippen molar-refractivity contribution < 1.29 is 14.7 Å². The molecule has 2 rings (SSSR count). The van der Waals surface area contributed by atoms with Gasteiger partial charge in [0, 0.05) is 12.8 Å². The predicted octanol–water partition coefficient (Wildman–Crippen LogP) is 2.07. The second-order valence-corrected chi connectivity index (χ2v) is 5.75. The highest BCUT2D eigenvalue weighted by Gasteiger charge is 2.30. The zero-order valence-corrected chi connectivity index (χ0v) is 12.0. The number of carbonyl (C=O) groups is 2. The molecule has 1 N–H and O–H groups in total. The Hall–Kier alpha value is -1.68. The molecule has 1 fully saturated rings. The van der Waals surface area contributed by atoms with E-state index in [-0.39, 0.29) is 31.2 Å². The van der Waals surface area contributed by atoms with E-state index in [4.69, 9.17) is 0 Å². The molecular formula is C16H21NO3. The second-order valence-electron chi connectivity index (χ2n) is 5.75. The average Bonchev–Trinajstić information content (AvgIpc) is 2.70. The summed E-state index contributed by atoms with van der Waals surface area (Å²) in [5.41, 5.74) is 1.97. The largest absolute Gasteiger partial charge is 0.387 e. The number of imide groups is 1. The van der Waals surface area contributed by atoms with Gasteiger partial charge >= 0.3 is 0 Å². The number of aliphatic hydroxyl groups excluding tert-OH is 1. The number of amides is 2. The number of nitrogens with zero attached hydrogens (tertiary/aromatic N) is 1. The molecule has 1 aromatic rings. The third kappa shape index (κ3) is 3.45. The van der Waals surface area contributed by atoms with Crippen LogP contribution in [0, 0.1) is 5.92 Å². The maximum Gasteiger partial charge on any atom is 0.229 e. The molecule has 0 spiro atoms. The van der Waals surface area contributed by atoms with Gasteiger partial charge in [-0.15, -0.1) is 0 Å². The molecule has 1 aliphatic rings. The van der Waals surface area contributed by atoms with Gasteiger partial charge in [-0.25, -0.2) is 0 Å². The van der Waals surface area contributed by atoms with Crippen molar-refractivity contribution in [2.45, 2.75) is 39.2 Å². The molecule has 1 aliphatic heterocycles. The van der Waals surface area contributed by atoms with E-state index in [2.05, 4.69) is 13.8 Å². The minimum atomic E-state index is -0.811. The molecule has 1 heterocycles. The Labute approximate surface area is 119 Å². The summed E-state index contributed by atoms with van der Waals surface area (Å²) in [4.78, 5) is 24.2. The first-order valence-corrected chi connectivity index (χ1v) is 7.07. The van der Waals surface area contributed by atoms with Crippen LogP contribution in [0.15, 0.2) is 24.3 Å². The Balaban J connectivity index is 2.00. The smallest absolute Gasteiger partial charge is 0.229 e. The third-order valence-corrected chi connectivity index (χ3v) is 3.52. The lowest BCUT2D eigenvalue weighted by atomic mass is 10.00. The van der Waals surface area contributed by atoms with Gasteiger partial charge in [0.05, 0.1) is 12.6 Å². The zero-order chi connectivity index (χ0) is 14.7. The molecule has 4 heteroatoms. The van der Waals surface area contributed by atoms with Crippen LogP contribution in [0.2, 0.25) is 0 Å². The van der Waals surface area contributed by atoms with Crippen molar-refractivity contribution in [1.29, 1.82) is 0 Å². The molecule has 0 saturated carbocycles. The van der Waals surface area contributed by atoms with Crippen LogP contribution >= 0.6 is 0 Å². The van der Waals surface area contributed by atoms with Crippen LogP contribution in [-0.4, -0.2) is 28.4 Å². The fourth-order valence-electron chi connectivity index (χ4n) is 2.45. The highest BCUT2D eigenvalue weighted by molar-refractivity contribution is 6.01. The summed E-state index contributed by atoms with van der Waals surface area (Å²) >= 11 is 0. The molecule has 4 nitrogen and oxygen atoms in total. The van der Waals surface area contributed by atoms with Crippen molar-refractivity contribution in [2.75, 3.05) is 6.54 Å². The van der Waals surface area contributed by atoms with Gasteiger partial charge in [0.25, 0.3) is 0 Å². The first kappa shape index (κ1) is 14.7. The normalized spacial score (nSPS) is 17.1. The quantitative estimate of drug-likeness (QED) is 0.837. The maximum absolute atomic E-state index is 11.5. The minimum absolute atomic E-state index is 0.0567. The first-order chi connectivity index (χ1) is 9.47. The van der Waals surface area contributed by atoms with Crippen LogP contribution < -0.4 is 0 Å². The fourth-order valence-corrected chi connectivity index (χ4v) is 2.45. The van der Waals surface area contributed by atoms with Crippen LogP contribution in [0.1, 0.15) is 43.9 Å². The molecule has 2 amide bonds. The standard InChI is InChI=1S/C16H21NO3/c1-11(2)9-12-3-5-13(6-4-12)14(18)10-17-15(19)7-8-16(17)20/h3-6,11,14,18H,7-10H2,1-2H3. The summed E-state index contributed by atoms with van der Waals surface area (Å²) in [6.07, 6.45) is 0.714. The molecule has 1 unspecified atom stereocenters. The number of likely N-dealkylation sites (tertiary alicyclic amines) is 1. The van der Waals surface area contributed by atoms with E-state index in [9.17, 15) is 14.7 Å². The maximum atomic E-state index is 11.5. The molecule has 1 atom stereocenters. The van der Waals surface area contributed by atoms with Crippen molar-refractivity contribution in [1.82, 2.24) is 4.90 Å². The van der Waals surface area contributed by atoms with Gasteiger partial charge in [-0.05, 0) is 23.5 Å². The second kappa shape index (κ2) is 6.18. The van der Waals surface area contributed by atoms with Gasteiger partial charge < -0.3 is 5.11 Å². The van der Waals surface area contributed by atoms with E-state index < -0.39 is 6.10 Å². The number of hydrogen-bond donors (Lipinski definition) is 1. The fraction of sp³-hybridized carbons (Fsp3) is 0.500. The lowest BCUT2D eigenvalue weighted by molar-refractivity contribution is -0.140. The molecule has 20 heavy (non-hydrogen) atoms. The van der Waals surface area contributed by atoms with Crippen LogP contribution in [-0.2, 0) is 16.0 Å². The molecule has 0 aliphatic carbocycles. The minimum Gasteiger partial charge on any atom is -0.387 e. The zero-order valence-electron chi connectivity index (χ0n) is 12.0. The topological polar surface area (TPSA) is 57.6 Å². The summed E-state index contributed by atoms with van der Waals surface area (Å²) < 4.78 is 0. The first-order valence-electron chi connectivity index (χ1n) is 7.07. The highest BCUT2D eigenvalue weighted by atomic mass is 16.3. The summed E-state index contributed by atoms with van der Waals surface area (Å²) in [7, 11) is 0. The van der Waals surface area contributed by atoms with E-state index in [0.29, 0.717) is 5.92 Å². The number of β-amino-alcohol motifs (C(OH)–C–C–N with tert-alkyl or cyclic N) is 1. The Bertz CT molecular complexity index is 477. The summed E-state index contributed by atoms with van der Waals surface area (Å²) in [6.45, 7) is 4.38. The van der Waals surface area contributed by atoms with Crippen LogP contribution in [0.25, 0.3) is 0 Å². The SMILES string of the molecule is CC(C)Cc1ccc(C(O)CN2C(=O)CCC2=O)cc1. The Kier molecular flexibility index (Phi) is 4.55. The molecule has 1 saturated heterocycles. The van der Waals surface area contributed by atoms with Gasteiger partial charge in [0.1, 0.15) is 0 Å². The number of benzene rings is 1. The molecular weight excluding hydrogens is 254 g/mol. The Morgan fingerprint density at radius 1 is 1.10 bits per heavy atom. The van der Waals surface area contributed by atoms with Gasteiger partial charge in [0.2, 0.25) is 11.8 Å². The summed E-state index contributed by atoms with van der Waals surface area (Å²) in [5.74, 6) is 0.210. The molecule has 1 aromatic carbocycles.